The van der Waals surface area contributed by atoms with Gasteiger partial charge < -0.3 is 10.1 Å². The molecule has 0 atom stereocenters. The summed E-state index contributed by atoms with van der Waals surface area (Å²) in [5.74, 6) is 0.895. The summed E-state index contributed by atoms with van der Waals surface area (Å²) in [6, 6.07) is 7.63. The molecule has 0 fully saturated rings. The van der Waals surface area contributed by atoms with Gasteiger partial charge in [-0.15, -0.1) is 0 Å². The van der Waals surface area contributed by atoms with Crippen LogP contribution in [-0.4, -0.2) is 19.4 Å². The van der Waals surface area contributed by atoms with Gasteiger partial charge in [0.05, 0.1) is 7.11 Å². The number of methoxy groups -OCH3 is 1. The van der Waals surface area contributed by atoms with Crippen LogP contribution in [0.5, 0.6) is 5.75 Å². The number of allylic oxidation sites excluding steroid dienone is 1. The van der Waals surface area contributed by atoms with E-state index in [2.05, 4.69) is 5.32 Å². The van der Waals surface area contributed by atoms with Gasteiger partial charge in [-0.05, 0) is 37.3 Å². The number of hydrogen-bond acceptors (Lipinski definition) is 3. The molecule has 0 heterocycles. The zero-order valence-electron chi connectivity index (χ0n) is 8.99. The Morgan fingerprint density at radius 2 is 2.07 bits per heavy atom. The summed E-state index contributed by atoms with van der Waals surface area (Å²) in [7, 11) is 1.64. The fraction of sp³-hybridized carbons (Fsp3) is 0.250. The average molecular weight is 205 g/mol. The third kappa shape index (κ3) is 4.31. The van der Waals surface area contributed by atoms with Crippen molar-refractivity contribution in [2.75, 3.05) is 19.0 Å². The van der Waals surface area contributed by atoms with E-state index in [0.717, 1.165) is 11.4 Å². The Morgan fingerprint density at radius 3 is 2.60 bits per heavy atom. The molecule has 0 aromatic heterocycles. The maximum absolute atomic E-state index is 10.6. The Morgan fingerprint density at radius 1 is 1.40 bits per heavy atom. The minimum Gasteiger partial charge on any atom is -0.497 e. The summed E-state index contributed by atoms with van der Waals surface area (Å²) < 4.78 is 5.04. The zero-order chi connectivity index (χ0) is 11.1. The Balaban J connectivity index is 2.41. The first-order chi connectivity index (χ1) is 7.22. The number of benzene rings is 1. The summed E-state index contributed by atoms with van der Waals surface area (Å²) in [6.07, 6.45) is 3.35. The lowest BCUT2D eigenvalue weighted by Crippen LogP contribution is -1.98. The number of hydrogen-bond donors (Lipinski definition) is 1. The number of nitrogens with one attached hydrogen (secondary N) is 1. The Hall–Kier alpha value is -1.77. The molecular weight excluding hydrogens is 190 g/mol. The molecule has 0 bridgehead atoms. The highest BCUT2D eigenvalue weighted by Gasteiger charge is 1.91. The van der Waals surface area contributed by atoms with E-state index in [1.54, 1.807) is 19.3 Å². The summed E-state index contributed by atoms with van der Waals surface area (Å²) in [6.45, 7) is 2.18. The van der Waals surface area contributed by atoms with Gasteiger partial charge in [-0.3, -0.25) is 4.79 Å². The van der Waals surface area contributed by atoms with E-state index in [0.29, 0.717) is 6.54 Å². The first kappa shape index (κ1) is 11.3. The van der Waals surface area contributed by atoms with Crippen LogP contribution in [0, 0.1) is 0 Å². The molecule has 80 valence electrons. The van der Waals surface area contributed by atoms with Crippen molar-refractivity contribution in [2.45, 2.75) is 6.92 Å². The van der Waals surface area contributed by atoms with Crippen LogP contribution in [0.15, 0.2) is 36.4 Å². The first-order valence-electron chi connectivity index (χ1n) is 4.77. The second-order valence-corrected chi connectivity index (χ2v) is 3.12. The number of carbonyl (C=O) groups is 1. The molecule has 1 N–H and O–H groups in total. The number of rotatable bonds is 5. The molecule has 0 saturated carbocycles. The van der Waals surface area contributed by atoms with Gasteiger partial charge in [-0.1, -0.05) is 6.08 Å². The SMILES string of the molecule is COc1ccc(NCC=CC(C)=O)cc1. The maximum atomic E-state index is 10.6. The Bertz CT molecular complexity index is 341. The van der Waals surface area contributed by atoms with E-state index in [9.17, 15) is 4.79 Å². The molecule has 0 saturated heterocycles. The topological polar surface area (TPSA) is 38.3 Å². The lowest BCUT2D eigenvalue weighted by Gasteiger charge is -2.04. The molecule has 0 aliphatic rings. The molecule has 3 heteroatoms. The second kappa shape index (κ2) is 5.86. The van der Waals surface area contributed by atoms with Gasteiger partial charge in [-0.2, -0.15) is 0 Å². The molecular formula is C12H15NO2. The van der Waals surface area contributed by atoms with Crippen molar-refractivity contribution in [2.24, 2.45) is 0 Å². The minimum absolute atomic E-state index is 0.0616. The molecule has 0 aliphatic heterocycles. The van der Waals surface area contributed by atoms with Crippen LogP contribution >= 0.6 is 0 Å². The molecule has 0 unspecified atom stereocenters. The van der Waals surface area contributed by atoms with Crippen molar-refractivity contribution in [3.63, 3.8) is 0 Å². The predicted molar refractivity (Wildman–Crippen MR) is 61.3 cm³/mol. The molecule has 1 aromatic rings. The van der Waals surface area contributed by atoms with Gasteiger partial charge in [0.1, 0.15) is 5.75 Å². The summed E-state index contributed by atoms with van der Waals surface area (Å²) in [5, 5.41) is 3.16. The molecule has 1 aromatic carbocycles. The van der Waals surface area contributed by atoms with E-state index in [-0.39, 0.29) is 5.78 Å². The van der Waals surface area contributed by atoms with Crippen molar-refractivity contribution < 1.29 is 9.53 Å². The fourth-order valence-corrected chi connectivity index (χ4v) is 1.11. The van der Waals surface area contributed by atoms with Gasteiger partial charge in [-0.25, -0.2) is 0 Å². The van der Waals surface area contributed by atoms with Crippen LogP contribution in [0.25, 0.3) is 0 Å². The smallest absolute Gasteiger partial charge is 0.152 e. The van der Waals surface area contributed by atoms with Crippen molar-refractivity contribution in [1.82, 2.24) is 0 Å². The van der Waals surface area contributed by atoms with Crippen molar-refractivity contribution in [3.05, 3.63) is 36.4 Å². The highest BCUT2D eigenvalue weighted by Crippen LogP contribution is 2.14. The third-order valence-electron chi connectivity index (χ3n) is 1.87. The summed E-state index contributed by atoms with van der Waals surface area (Å²) >= 11 is 0. The summed E-state index contributed by atoms with van der Waals surface area (Å²) in [4.78, 5) is 10.6. The highest BCUT2D eigenvalue weighted by atomic mass is 16.5. The van der Waals surface area contributed by atoms with E-state index < -0.39 is 0 Å². The van der Waals surface area contributed by atoms with Crippen LogP contribution in [-0.2, 0) is 4.79 Å². The second-order valence-electron chi connectivity index (χ2n) is 3.12. The normalized spacial score (nSPS) is 10.3. The van der Waals surface area contributed by atoms with Crippen molar-refractivity contribution >= 4 is 11.5 Å². The van der Waals surface area contributed by atoms with E-state index in [4.69, 9.17) is 4.74 Å². The zero-order valence-corrected chi connectivity index (χ0v) is 8.99. The number of ketones is 1. The summed E-state index contributed by atoms with van der Waals surface area (Å²) in [5.41, 5.74) is 1.00. The van der Waals surface area contributed by atoms with Gasteiger partial charge in [0, 0.05) is 12.2 Å². The van der Waals surface area contributed by atoms with Gasteiger partial charge >= 0.3 is 0 Å². The van der Waals surface area contributed by atoms with Gasteiger partial charge in [0.25, 0.3) is 0 Å². The maximum Gasteiger partial charge on any atom is 0.152 e. The number of carbonyl (C=O) groups excluding carboxylic acids is 1. The van der Waals surface area contributed by atoms with E-state index in [1.165, 1.54) is 6.92 Å². The van der Waals surface area contributed by atoms with Crippen LogP contribution in [0.2, 0.25) is 0 Å². The fourth-order valence-electron chi connectivity index (χ4n) is 1.11. The molecule has 0 radical (unpaired) electrons. The molecule has 1 rings (SSSR count). The predicted octanol–water partition coefficient (Wildman–Crippen LogP) is 2.25. The van der Waals surface area contributed by atoms with Crippen molar-refractivity contribution in [3.8, 4) is 5.75 Å². The molecule has 0 spiro atoms. The molecule has 3 nitrogen and oxygen atoms in total. The quantitative estimate of drug-likeness (QED) is 0.749. The Kier molecular flexibility index (Phi) is 4.41. The number of anilines is 1. The monoisotopic (exact) mass is 205 g/mol. The molecule has 0 aliphatic carbocycles. The molecule has 15 heavy (non-hydrogen) atoms. The van der Waals surface area contributed by atoms with E-state index in [1.807, 2.05) is 24.3 Å². The number of ether oxygens (including phenoxy) is 1. The standard InChI is InChI=1S/C12H15NO2/c1-10(14)4-3-9-13-11-5-7-12(15-2)8-6-11/h3-8,13H,9H2,1-2H3. The lowest BCUT2D eigenvalue weighted by atomic mass is 10.3. The molecule has 0 amide bonds. The third-order valence-corrected chi connectivity index (χ3v) is 1.87. The van der Waals surface area contributed by atoms with Crippen LogP contribution in [0.3, 0.4) is 0 Å². The van der Waals surface area contributed by atoms with E-state index >= 15 is 0 Å². The van der Waals surface area contributed by atoms with Crippen LogP contribution < -0.4 is 10.1 Å². The first-order valence-corrected chi connectivity index (χ1v) is 4.77. The van der Waals surface area contributed by atoms with Gasteiger partial charge in [0.15, 0.2) is 5.78 Å². The highest BCUT2D eigenvalue weighted by molar-refractivity contribution is 5.87. The van der Waals surface area contributed by atoms with Gasteiger partial charge in [0.2, 0.25) is 0 Å². The van der Waals surface area contributed by atoms with Crippen LogP contribution in [0.1, 0.15) is 6.92 Å². The largest absolute Gasteiger partial charge is 0.497 e. The average Bonchev–Trinajstić information content (AvgIpc) is 2.25. The van der Waals surface area contributed by atoms with Crippen LogP contribution in [0.4, 0.5) is 5.69 Å². The van der Waals surface area contributed by atoms with Crippen molar-refractivity contribution in [1.29, 1.82) is 0 Å². The minimum atomic E-state index is 0.0616. The Labute approximate surface area is 89.8 Å². The lowest BCUT2D eigenvalue weighted by molar-refractivity contribution is -0.112.